The fraction of sp³-hybridized carbons (Fsp3) is 0.600. The van der Waals surface area contributed by atoms with E-state index in [-0.39, 0.29) is 6.04 Å². The summed E-state index contributed by atoms with van der Waals surface area (Å²) in [7, 11) is 0. The first-order valence-electron chi connectivity index (χ1n) is 6.71. The summed E-state index contributed by atoms with van der Waals surface area (Å²) in [5.74, 6) is 0. The molecule has 1 aliphatic rings. The lowest BCUT2D eigenvalue weighted by molar-refractivity contribution is 0.194. The van der Waals surface area contributed by atoms with Crippen LogP contribution in [0.15, 0.2) is 24.3 Å². The minimum atomic E-state index is 0.123. The lowest BCUT2D eigenvalue weighted by Crippen LogP contribution is -2.55. The summed E-state index contributed by atoms with van der Waals surface area (Å²) in [5.41, 5.74) is 9.05. The second-order valence-corrected chi connectivity index (χ2v) is 5.45. The smallest absolute Gasteiger partial charge is 0.0369 e. The third-order valence-electron chi connectivity index (χ3n) is 4.31. The van der Waals surface area contributed by atoms with Gasteiger partial charge in [0.15, 0.2) is 0 Å². The maximum atomic E-state index is 5.93. The van der Waals surface area contributed by atoms with Gasteiger partial charge in [-0.15, -0.1) is 0 Å². The zero-order chi connectivity index (χ0) is 12.5. The normalized spacial score (nSPS) is 19.9. The molecule has 2 N–H and O–H groups in total. The highest BCUT2D eigenvalue weighted by Gasteiger charge is 2.39. The topological polar surface area (TPSA) is 29.3 Å². The fourth-order valence-corrected chi connectivity index (χ4v) is 2.65. The van der Waals surface area contributed by atoms with Gasteiger partial charge in [0.25, 0.3) is 0 Å². The summed E-state index contributed by atoms with van der Waals surface area (Å²) in [5, 5.41) is 0. The van der Waals surface area contributed by atoms with E-state index in [1.54, 1.807) is 0 Å². The lowest BCUT2D eigenvalue weighted by atomic mass is 9.75. The first-order valence-corrected chi connectivity index (χ1v) is 6.71. The Morgan fingerprint density at radius 2 is 1.94 bits per heavy atom. The van der Waals surface area contributed by atoms with Crippen molar-refractivity contribution < 1.29 is 0 Å². The van der Waals surface area contributed by atoms with Gasteiger partial charge in [-0.2, -0.15) is 0 Å². The number of hydrogen-bond donors (Lipinski definition) is 1. The molecule has 2 heteroatoms. The Kier molecular flexibility index (Phi) is 3.43. The van der Waals surface area contributed by atoms with Crippen LogP contribution in [0.4, 0.5) is 5.69 Å². The third-order valence-corrected chi connectivity index (χ3v) is 4.31. The quantitative estimate of drug-likeness (QED) is 0.862. The molecule has 0 aliphatic carbocycles. The van der Waals surface area contributed by atoms with Gasteiger partial charge in [-0.05, 0) is 37.5 Å². The molecule has 1 aromatic carbocycles. The number of benzene rings is 1. The van der Waals surface area contributed by atoms with E-state index in [1.165, 1.54) is 37.2 Å². The molecule has 1 aromatic rings. The number of anilines is 1. The summed E-state index contributed by atoms with van der Waals surface area (Å²) in [4.78, 5) is 2.47. The SMILES string of the molecule is CCC1(CC)CN(c2cccc(C(C)N)c2)C1. The van der Waals surface area contributed by atoms with E-state index in [9.17, 15) is 0 Å². The molecular weight excluding hydrogens is 208 g/mol. The Labute approximate surface area is 105 Å². The molecule has 2 rings (SSSR count). The second-order valence-electron chi connectivity index (χ2n) is 5.45. The molecule has 0 bridgehead atoms. The Morgan fingerprint density at radius 1 is 1.29 bits per heavy atom. The highest BCUT2D eigenvalue weighted by atomic mass is 15.2. The van der Waals surface area contributed by atoms with Gasteiger partial charge in [0.05, 0.1) is 0 Å². The van der Waals surface area contributed by atoms with Gasteiger partial charge in [-0.25, -0.2) is 0 Å². The predicted octanol–water partition coefficient (Wildman–Crippen LogP) is 3.33. The number of nitrogens with zero attached hydrogens (tertiary/aromatic N) is 1. The lowest BCUT2D eigenvalue weighted by Gasteiger charge is -2.51. The van der Waals surface area contributed by atoms with Crippen LogP contribution in [0.3, 0.4) is 0 Å². The van der Waals surface area contributed by atoms with Crippen LogP contribution in [-0.2, 0) is 0 Å². The van der Waals surface area contributed by atoms with Crippen LogP contribution in [0.25, 0.3) is 0 Å². The van der Waals surface area contributed by atoms with Gasteiger partial charge in [-0.3, -0.25) is 0 Å². The van der Waals surface area contributed by atoms with Crippen molar-refractivity contribution in [2.75, 3.05) is 18.0 Å². The number of rotatable bonds is 4. The first-order chi connectivity index (χ1) is 8.10. The summed E-state index contributed by atoms with van der Waals surface area (Å²) in [6, 6.07) is 8.78. The molecule has 0 saturated carbocycles. The average Bonchev–Trinajstić information content (AvgIpc) is 2.29. The minimum Gasteiger partial charge on any atom is -0.370 e. The molecule has 0 amide bonds. The van der Waals surface area contributed by atoms with Crippen LogP contribution >= 0.6 is 0 Å². The largest absolute Gasteiger partial charge is 0.370 e. The molecule has 1 heterocycles. The molecule has 1 unspecified atom stereocenters. The van der Waals surface area contributed by atoms with Crippen LogP contribution in [0.1, 0.15) is 45.2 Å². The Morgan fingerprint density at radius 3 is 2.47 bits per heavy atom. The van der Waals surface area contributed by atoms with E-state index < -0.39 is 0 Å². The molecule has 1 fully saturated rings. The molecule has 2 nitrogen and oxygen atoms in total. The summed E-state index contributed by atoms with van der Waals surface area (Å²) < 4.78 is 0. The molecule has 1 saturated heterocycles. The van der Waals surface area contributed by atoms with Gasteiger partial charge >= 0.3 is 0 Å². The third kappa shape index (κ3) is 2.32. The summed E-state index contributed by atoms with van der Waals surface area (Å²) >= 11 is 0. The van der Waals surface area contributed by atoms with Gasteiger partial charge < -0.3 is 10.6 Å². The van der Waals surface area contributed by atoms with Crippen molar-refractivity contribution in [2.24, 2.45) is 11.1 Å². The summed E-state index contributed by atoms with van der Waals surface area (Å²) in [6.07, 6.45) is 2.57. The van der Waals surface area contributed by atoms with Gasteiger partial charge in [0.2, 0.25) is 0 Å². The average molecular weight is 232 g/mol. The van der Waals surface area contributed by atoms with Crippen molar-refractivity contribution in [1.82, 2.24) is 0 Å². The van der Waals surface area contributed by atoms with Gasteiger partial charge in [0.1, 0.15) is 0 Å². The Bertz CT molecular complexity index is 372. The fourth-order valence-electron chi connectivity index (χ4n) is 2.65. The van der Waals surface area contributed by atoms with E-state index in [0.29, 0.717) is 5.41 Å². The molecule has 1 aliphatic heterocycles. The molecule has 0 aromatic heterocycles. The monoisotopic (exact) mass is 232 g/mol. The van der Waals surface area contributed by atoms with Crippen molar-refractivity contribution >= 4 is 5.69 Å². The first kappa shape index (κ1) is 12.4. The van der Waals surface area contributed by atoms with Crippen molar-refractivity contribution in [1.29, 1.82) is 0 Å². The number of nitrogens with two attached hydrogens (primary N) is 1. The molecule has 1 atom stereocenters. The molecule has 0 radical (unpaired) electrons. The van der Waals surface area contributed by atoms with Crippen LogP contribution < -0.4 is 10.6 Å². The minimum absolute atomic E-state index is 0.123. The molecule has 0 spiro atoms. The Balaban J connectivity index is 2.08. The van der Waals surface area contributed by atoms with Crippen LogP contribution in [0, 0.1) is 5.41 Å². The van der Waals surface area contributed by atoms with Crippen LogP contribution in [0.2, 0.25) is 0 Å². The van der Waals surface area contributed by atoms with E-state index >= 15 is 0 Å². The van der Waals surface area contributed by atoms with Crippen molar-refractivity contribution in [3.63, 3.8) is 0 Å². The van der Waals surface area contributed by atoms with E-state index in [4.69, 9.17) is 5.73 Å². The van der Waals surface area contributed by atoms with Crippen molar-refractivity contribution in [2.45, 2.75) is 39.7 Å². The highest BCUT2D eigenvalue weighted by molar-refractivity contribution is 5.52. The number of hydrogen-bond acceptors (Lipinski definition) is 2. The standard InChI is InChI=1S/C15H24N2/c1-4-15(5-2)10-17(11-15)14-8-6-7-13(9-14)12(3)16/h6-9,12H,4-5,10-11,16H2,1-3H3. The molecule has 17 heavy (non-hydrogen) atoms. The maximum Gasteiger partial charge on any atom is 0.0369 e. The highest BCUT2D eigenvalue weighted by Crippen LogP contribution is 2.40. The molecule has 94 valence electrons. The predicted molar refractivity (Wildman–Crippen MR) is 74.3 cm³/mol. The molecular formula is C15H24N2. The second kappa shape index (κ2) is 4.69. The van der Waals surface area contributed by atoms with Gasteiger partial charge in [-0.1, -0.05) is 26.0 Å². The van der Waals surface area contributed by atoms with E-state index in [0.717, 1.165) is 0 Å². The summed E-state index contributed by atoms with van der Waals surface area (Å²) in [6.45, 7) is 9.04. The van der Waals surface area contributed by atoms with Crippen LogP contribution in [-0.4, -0.2) is 13.1 Å². The van der Waals surface area contributed by atoms with Crippen molar-refractivity contribution in [3.8, 4) is 0 Å². The zero-order valence-corrected chi connectivity index (χ0v) is 11.2. The zero-order valence-electron chi connectivity index (χ0n) is 11.2. The Hall–Kier alpha value is -1.02. The van der Waals surface area contributed by atoms with E-state index in [2.05, 4.69) is 43.0 Å². The van der Waals surface area contributed by atoms with E-state index in [1.807, 2.05) is 6.92 Å². The van der Waals surface area contributed by atoms with Crippen molar-refractivity contribution in [3.05, 3.63) is 29.8 Å². The van der Waals surface area contributed by atoms with Gasteiger partial charge in [0, 0.05) is 30.2 Å². The van der Waals surface area contributed by atoms with Crippen LogP contribution in [0.5, 0.6) is 0 Å². The maximum absolute atomic E-state index is 5.93.